The smallest absolute Gasteiger partial charge is 0.416 e. The van der Waals surface area contributed by atoms with Gasteiger partial charge in [0.05, 0.1) is 23.4 Å². The zero-order valence-electron chi connectivity index (χ0n) is 17.9. The second-order valence-electron chi connectivity index (χ2n) is 6.74. The first-order valence-corrected chi connectivity index (χ1v) is 10.5. The Morgan fingerprint density at radius 1 is 1.09 bits per heavy atom. The van der Waals surface area contributed by atoms with E-state index in [2.05, 4.69) is 15.3 Å². The molecule has 1 heterocycles. The lowest BCUT2D eigenvalue weighted by Gasteiger charge is -2.17. The van der Waals surface area contributed by atoms with Crippen molar-refractivity contribution < 1.29 is 35.9 Å². The minimum Gasteiger partial charge on any atom is -0.462 e. The van der Waals surface area contributed by atoms with E-state index in [0.717, 1.165) is 11.8 Å². The molecular formula is C20H20F6N4O2S. The molecular weight excluding hydrogens is 474 g/mol. The van der Waals surface area contributed by atoms with Crippen LogP contribution in [-0.2, 0) is 17.1 Å². The Hall–Kier alpha value is -2.96. The van der Waals surface area contributed by atoms with Crippen molar-refractivity contribution in [1.29, 1.82) is 0 Å². The highest BCUT2D eigenvalue weighted by Crippen LogP contribution is 2.38. The third kappa shape index (κ3) is 7.01. The van der Waals surface area contributed by atoms with E-state index in [1.165, 1.54) is 6.08 Å². The number of anilines is 2. The second-order valence-corrected chi connectivity index (χ2v) is 7.51. The number of benzene rings is 1. The summed E-state index contributed by atoms with van der Waals surface area (Å²) in [7, 11) is 3.41. The Kier molecular flexibility index (Phi) is 8.22. The van der Waals surface area contributed by atoms with Crippen LogP contribution in [0.4, 0.5) is 37.8 Å². The average molecular weight is 494 g/mol. The monoisotopic (exact) mass is 494 g/mol. The Morgan fingerprint density at radius 3 is 2.12 bits per heavy atom. The molecule has 0 radical (unpaired) electrons. The zero-order valence-corrected chi connectivity index (χ0v) is 18.7. The van der Waals surface area contributed by atoms with Crippen LogP contribution < -0.4 is 5.32 Å². The molecule has 180 valence electrons. The summed E-state index contributed by atoms with van der Waals surface area (Å²) in [5, 5.41) is 2.56. The summed E-state index contributed by atoms with van der Waals surface area (Å²) in [4.78, 5) is 22.6. The summed E-state index contributed by atoms with van der Waals surface area (Å²) in [6, 6.07) is 1.01. The first-order valence-electron chi connectivity index (χ1n) is 9.30. The molecule has 0 saturated heterocycles. The van der Waals surface area contributed by atoms with Gasteiger partial charge in [-0.3, -0.25) is 0 Å². The number of nitrogens with zero attached hydrogens (tertiary/aromatic N) is 3. The van der Waals surface area contributed by atoms with Gasteiger partial charge in [-0.15, -0.1) is 0 Å². The maximum atomic E-state index is 13.2. The van der Waals surface area contributed by atoms with Gasteiger partial charge in [-0.2, -0.15) is 26.3 Å². The first kappa shape index (κ1) is 26.3. The molecule has 0 atom stereocenters. The van der Waals surface area contributed by atoms with Gasteiger partial charge in [0.1, 0.15) is 11.4 Å². The summed E-state index contributed by atoms with van der Waals surface area (Å²) in [6.45, 7) is 1.51. The summed E-state index contributed by atoms with van der Waals surface area (Å²) >= 11 is 1.07. The molecule has 0 fully saturated rings. The van der Waals surface area contributed by atoms with Crippen LogP contribution in [0.5, 0.6) is 0 Å². The molecule has 2 aromatic rings. The van der Waals surface area contributed by atoms with Crippen molar-refractivity contribution >= 4 is 35.3 Å². The largest absolute Gasteiger partial charge is 0.462 e. The standard InChI is InChI=1S/C20H20F6N4O2S/c1-5-32-17(31)15-14(6-7-30(2)3)28-18(33-4)29-16(15)27-13-9-11(19(21,22)23)8-12(10-13)20(24,25)26/h6-10H,5H2,1-4H3,(H,27,28,29)/b7-6+. The number of thioether (sulfide) groups is 1. The van der Waals surface area contributed by atoms with Crippen LogP contribution in [0, 0.1) is 0 Å². The zero-order chi connectivity index (χ0) is 25.0. The third-order valence-corrected chi connectivity index (χ3v) is 4.51. The predicted octanol–water partition coefficient (Wildman–Crippen LogP) is 5.69. The van der Waals surface area contributed by atoms with Crippen molar-refractivity contribution in [1.82, 2.24) is 14.9 Å². The maximum absolute atomic E-state index is 13.2. The Morgan fingerprint density at radius 2 is 1.67 bits per heavy atom. The lowest BCUT2D eigenvalue weighted by atomic mass is 10.1. The number of carbonyl (C=O) groups excluding carboxylic acids is 1. The summed E-state index contributed by atoms with van der Waals surface area (Å²) in [6.07, 6.45) is -5.43. The summed E-state index contributed by atoms with van der Waals surface area (Å²) in [5.41, 5.74) is -3.74. The summed E-state index contributed by atoms with van der Waals surface area (Å²) in [5.74, 6) is -1.19. The highest BCUT2D eigenvalue weighted by atomic mass is 32.2. The molecule has 1 aromatic carbocycles. The van der Waals surface area contributed by atoms with Crippen molar-refractivity contribution in [3.05, 3.63) is 46.8 Å². The third-order valence-electron chi connectivity index (χ3n) is 3.96. The van der Waals surface area contributed by atoms with E-state index in [1.807, 2.05) is 0 Å². The number of alkyl halides is 6. The topological polar surface area (TPSA) is 67.3 Å². The van der Waals surface area contributed by atoms with E-state index in [-0.39, 0.29) is 34.9 Å². The molecule has 33 heavy (non-hydrogen) atoms. The average Bonchev–Trinajstić information content (AvgIpc) is 2.70. The van der Waals surface area contributed by atoms with E-state index >= 15 is 0 Å². The number of esters is 1. The fourth-order valence-corrected chi connectivity index (χ4v) is 2.92. The molecule has 0 aliphatic rings. The quantitative estimate of drug-likeness (QED) is 0.230. The molecule has 6 nitrogen and oxygen atoms in total. The SMILES string of the molecule is CCOC(=O)c1c(/C=C/N(C)C)nc(SC)nc1Nc1cc(C(F)(F)F)cc(C(F)(F)F)c1. The Balaban J connectivity index is 2.73. The number of aromatic nitrogens is 2. The van der Waals surface area contributed by atoms with Crippen molar-refractivity contribution in [2.24, 2.45) is 0 Å². The van der Waals surface area contributed by atoms with E-state index in [9.17, 15) is 31.1 Å². The van der Waals surface area contributed by atoms with Crippen molar-refractivity contribution in [2.45, 2.75) is 24.4 Å². The van der Waals surface area contributed by atoms with Gasteiger partial charge in [-0.1, -0.05) is 11.8 Å². The fourth-order valence-electron chi connectivity index (χ4n) is 2.55. The molecule has 2 rings (SSSR count). The van der Waals surface area contributed by atoms with Gasteiger partial charge in [-0.25, -0.2) is 14.8 Å². The molecule has 0 aliphatic carbocycles. The Bertz CT molecular complexity index is 1010. The molecule has 0 aliphatic heterocycles. The number of halogens is 6. The molecule has 0 bridgehead atoms. The highest BCUT2D eigenvalue weighted by Gasteiger charge is 2.37. The van der Waals surface area contributed by atoms with Gasteiger partial charge in [0.2, 0.25) is 0 Å². The van der Waals surface area contributed by atoms with Crippen molar-refractivity contribution in [3.63, 3.8) is 0 Å². The number of hydrogen-bond acceptors (Lipinski definition) is 7. The van der Waals surface area contributed by atoms with Crippen LogP contribution in [0.15, 0.2) is 29.6 Å². The number of nitrogens with one attached hydrogen (secondary N) is 1. The lowest BCUT2D eigenvalue weighted by molar-refractivity contribution is -0.143. The van der Waals surface area contributed by atoms with Gasteiger partial charge < -0.3 is 15.0 Å². The molecule has 0 spiro atoms. The van der Waals surface area contributed by atoms with E-state index in [1.54, 1.807) is 38.4 Å². The molecule has 13 heteroatoms. The minimum atomic E-state index is -5.03. The van der Waals surface area contributed by atoms with Crippen LogP contribution >= 0.6 is 11.8 Å². The second kappa shape index (κ2) is 10.3. The fraction of sp³-hybridized carbons (Fsp3) is 0.350. The number of carbonyl (C=O) groups is 1. The van der Waals surface area contributed by atoms with Gasteiger partial charge >= 0.3 is 18.3 Å². The molecule has 0 saturated carbocycles. The van der Waals surface area contributed by atoms with Gasteiger partial charge in [0.25, 0.3) is 0 Å². The van der Waals surface area contributed by atoms with Gasteiger partial charge in [0.15, 0.2) is 5.16 Å². The predicted molar refractivity (Wildman–Crippen MR) is 112 cm³/mol. The molecule has 0 amide bonds. The van der Waals surface area contributed by atoms with Crippen molar-refractivity contribution in [2.75, 3.05) is 32.3 Å². The van der Waals surface area contributed by atoms with E-state index in [4.69, 9.17) is 4.74 Å². The molecule has 0 unspecified atom stereocenters. The number of hydrogen-bond donors (Lipinski definition) is 1. The number of ether oxygens (including phenoxy) is 1. The Labute approximate surface area is 190 Å². The lowest BCUT2D eigenvalue weighted by Crippen LogP contribution is -2.15. The number of rotatable bonds is 7. The molecule has 1 N–H and O–H groups in total. The molecule has 1 aromatic heterocycles. The van der Waals surface area contributed by atoms with Crippen LogP contribution in [0.1, 0.15) is 34.1 Å². The minimum absolute atomic E-state index is 0.00991. The maximum Gasteiger partial charge on any atom is 0.416 e. The van der Waals surface area contributed by atoms with Crippen LogP contribution in [0.3, 0.4) is 0 Å². The summed E-state index contributed by atoms with van der Waals surface area (Å²) < 4.78 is 84.4. The van der Waals surface area contributed by atoms with Crippen LogP contribution in [-0.4, -0.2) is 47.8 Å². The van der Waals surface area contributed by atoms with E-state index < -0.39 is 35.1 Å². The van der Waals surface area contributed by atoms with Crippen LogP contribution in [0.25, 0.3) is 6.08 Å². The first-order chi connectivity index (χ1) is 15.3. The highest BCUT2D eigenvalue weighted by molar-refractivity contribution is 7.98. The normalized spacial score (nSPS) is 12.2. The van der Waals surface area contributed by atoms with Gasteiger partial charge in [-0.05, 0) is 37.5 Å². The van der Waals surface area contributed by atoms with Crippen molar-refractivity contribution in [3.8, 4) is 0 Å². The van der Waals surface area contributed by atoms with Crippen LogP contribution in [0.2, 0.25) is 0 Å². The van der Waals surface area contributed by atoms with Gasteiger partial charge in [0, 0.05) is 26.0 Å². The van der Waals surface area contributed by atoms with E-state index in [0.29, 0.717) is 12.1 Å².